The van der Waals surface area contributed by atoms with Crippen molar-refractivity contribution >= 4 is 23.1 Å². The van der Waals surface area contributed by atoms with Gasteiger partial charge in [0.15, 0.2) is 0 Å². The molecule has 0 atom stereocenters. The van der Waals surface area contributed by atoms with Crippen LogP contribution in [0.1, 0.15) is 5.56 Å². The van der Waals surface area contributed by atoms with Crippen LogP contribution in [0.4, 0.5) is 11.5 Å². The van der Waals surface area contributed by atoms with E-state index in [2.05, 4.69) is 15.5 Å². The zero-order chi connectivity index (χ0) is 11.4. The van der Waals surface area contributed by atoms with Crippen LogP contribution in [0.15, 0.2) is 30.5 Å². The molecule has 1 aromatic heterocycles. The fourth-order valence-corrected chi connectivity index (χ4v) is 1.56. The molecule has 4 nitrogen and oxygen atoms in total. The lowest BCUT2D eigenvalue weighted by Gasteiger charge is -2.04. The number of hydrogen-bond donors (Lipinski definition) is 3. The quantitative estimate of drug-likeness (QED) is 0.763. The molecule has 5 heteroatoms. The molecule has 0 fully saturated rings. The Bertz CT molecular complexity index is 449. The van der Waals surface area contributed by atoms with Crippen molar-refractivity contribution in [1.82, 2.24) is 10.2 Å². The zero-order valence-electron chi connectivity index (χ0n) is 8.70. The maximum absolute atomic E-state index is 5.80. The number of aromatic amines is 1. The summed E-state index contributed by atoms with van der Waals surface area (Å²) in [5.74, 6) is 0.566. The number of H-pyrrole nitrogens is 1. The van der Waals surface area contributed by atoms with Gasteiger partial charge < -0.3 is 11.1 Å². The summed E-state index contributed by atoms with van der Waals surface area (Å²) in [6.45, 7) is 0.811. The molecule has 0 aliphatic rings. The number of anilines is 2. The van der Waals surface area contributed by atoms with Crippen LogP contribution in [0.2, 0.25) is 5.02 Å². The summed E-state index contributed by atoms with van der Waals surface area (Å²) in [6, 6.07) is 7.82. The second kappa shape index (κ2) is 4.90. The number of hydrogen-bond acceptors (Lipinski definition) is 3. The lowest BCUT2D eigenvalue weighted by atomic mass is 10.1. The van der Waals surface area contributed by atoms with Crippen molar-refractivity contribution in [2.24, 2.45) is 0 Å². The fraction of sp³-hybridized carbons (Fsp3) is 0.182. The highest BCUT2D eigenvalue weighted by atomic mass is 35.5. The molecule has 0 aliphatic heterocycles. The molecule has 2 aromatic rings. The molecular formula is C11H13ClN4. The molecule has 0 spiro atoms. The van der Waals surface area contributed by atoms with Crippen molar-refractivity contribution in [3.63, 3.8) is 0 Å². The lowest BCUT2D eigenvalue weighted by Crippen LogP contribution is -2.05. The number of nitrogens with two attached hydrogens (primary N) is 1. The third-order valence-electron chi connectivity index (χ3n) is 2.31. The summed E-state index contributed by atoms with van der Waals surface area (Å²) in [5, 5.41) is 10.5. The Morgan fingerprint density at radius 2 is 2.06 bits per heavy atom. The highest BCUT2D eigenvalue weighted by molar-refractivity contribution is 6.30. The summed E-state index contributed by atoms with van der Waals surface area (Å²) >= 11 is 5.80. The van der Waals surface area contributed by atoms with Gasteiger partial charge in [-0.2, -0.15) is 5.10 Å². The third-order valence-corrected chi connectivity index (χ3v) is 2.56. The second-order valence-electron chi connectivity index (χ2n) is 3.50. The van der Waals surface area contributed by atoms with Gasteiger partial charge in [0.25, 0.3) is 0 Å². The molecule has 4 N–H and O–H groups in total. The van der Waals surface area contributed by atoms with E-state index in [1.807, 2.05) is 24.3 Å². The second-order valence-corrected chi connectivity index (χ2v) is 3.94. The molecular weight excluding hydrogens is 224 g/mol. The van der Waals surface area contributed by atoms with Crippen LogP contribution in [0.3, 0.4) is 0 Å². The minimum Gasteiger partial charge on any atom is -0.382 e. The number of benzene rings is 1. The molecule has 1 aromatic carbocycles. The van der Waals surface area contributed by atoms with Crippen LogP contribution in [-0.4, -0.2) is 16.7 Å². The first-order valence-corrected chi connectivity index (χ1v) is 5.40. The average molecular weight is 237 g/mol. The first kappa shape index (κ1) is 10.8. The molecule has 0 radical (unpaired) electrons. The topological polar surface area (TPSA) is 66.7 Å². The van der Waals surface area contributed by atoms with Crippen LogP contribution >= 0.6 is 11.6 Å². The number of rotatable bonds is 4. The summed E-state index contributed by atoms with van der Waals surface area (Å²) in [5.41, 5.74) is 7.72. The Labute approximate surface area is 98.8 Å². The van der Waals surface area contributed by atoms with Gasteiger partial charge in [0.05, 0.1) is 11.9 Å². The smallest absolute Gasteiger partial charge is 0.142 e. The minimum atomic E-state index is 0.566. The molecule has 0 unspecified atom stereocenters. The van der Waals surface area contributed by atoms with Crippen molar-refractivity contribution in [3.05, 3.63) is 41.0 Å². The number of nitrogens with one attached hydrogen (secondary N) is 2. The SMILES string of the molecule is Nc1[nH]ncc1NCCc1ccc(Cl)cc1. The molecule has 0 amide bonds. The molecule has 1 heterocycles. The predicted octanol–water partition coefficient (Wildman–Crippen LogP) is 2.30. The first-order chi connectivity index (χ1) is 7.75. The fourth-order valence-electron chi connectivity index (χ4n) is 1.43. The van der Waals surface area contributed by atoms with Crippen LogP contribution in [0.5, 0.6) is 0 Å². The molecule has 16 heavy (non-hydrogen) atoms. The van der Waals surface area contributed by atoms with Crippen molar-refractivity contribution in [2.45, 2.75) is 6.42 Å². The van der Waals surface area contributed by atoms with E-state index in [0.29, 0.717) is 5.82 Å². The lowest BCUT2D eigenvalue weighted by molar-refractivity contribution is 1.02. The molecule has 84 valence electrons. The highest BCUT2D eigenvalue weighted by Crippen LogP contribution is 2.13. The average Bonchev–Trinajstić information content (AvgIpc) is 2.68. The van der Waals surface area contributed by atoms with Gasteiger partial charge >= 0.3 is 0 Å². The molecule has 0 bridgehead atoms. The van der Waals surface area contributed by atoms with Crippen LogP contribution < -0.4 is 11.1 Å². The van der Waals surface area contributed by atoms with E-state index in [1.54, 1.807) is 6.20 Å². The zero-order valence-corrected chi connectivity index (χ0v) is 9.46. The third kappa shape index (κ3) is 2.67. The standard InChI is InChI=1S/C11H13ClN4/c12-9-3-1-8(2-4-9)5-6-14-10-7-15-16-11(10)13/h1-4,7,14H,5-6H2,(H3,13,15,16). The normalized spacial score (nSPS) is 10.3. The van der Waals surface area contributed by atoms with Crippen molar-refractivity contribution < 1.29 is 0 Å². The maximum atomic E-state index is 5.80. The van der Waals surface area contributed by atoms with Crippen molar-refractivity contribution in [1.29, 1.82) is 0 Å². The van der Waals surface area contributed by atoms with E-state index in [4.69, 9.17) is 17.3 Å². The predicted molar refractivity (Wildman–Crippen MR) is 66.6 cm³/mol. The van der Waals surface area contributed by atoms with E-state index in [-0.39, 0.29) is 0 Å². The summed E-state index contributed by atoms with van der Waals surface area (Å²) in [6.07, 6.45) is 2.60. The molecule has 0 saturated heterocycles. The van der Waals surface area contributed by atoms with Crippen LogP contribution in [0.25, 0.3) is 0 Å². The largest absolute Gasteiger partial charge is 0.382 e. The number of halogens is 1. The van der Waals surface area contributed by atoms with E-state index >= 15 is 0 Å². The van der Waals surface area contributed by atoms with Gasteiger partial charge in [-0.3, -0.25) is 5.10 Å². The van der Waals surface area contributed by atoms with Crippen LogP contribution in [-0.2, 0) is 6.42 Å². The Kier molecular flexibility index (Phi) is 3.31. The maximum Gasteiger partial charge on any atom is 0.142 e. The highest BCUT2D eigenvalue weighted by Gasteiger charge is 1.99. The minimum absolute atomic E-state index is 0.566. The summed E-state index contributed by atoms with van der Waals surface area (Å²) in [7, 11) is 0. The molecule has 2 rings (SSSR count). The van der Waals surface area contributed by atoms with Gasteiger partial charge in [0.2, 0.25) is 0 Å². The Hall–Kier alpha value is -1.68. The van der Waals surface area contributed by atoms with Crippen molar-refractivity contribution in [3.8, 4) is 0 Å². The van der Waals surface area contributed by atoms with E-state index < -0.39 is 0 Å². The van der Waals surface area contributed by atoms with Gasteiger partial charge in [-0.15, -0.1) is 0 Å². The summed E-state index contributed by atoms with van der Waals surface area (Å²) < 4.78 is 0. The number of nitrogens with zero attached hydrogens (tertiary/aromatic N) is 1. The van der Waals surface area contributed by atoms with Crippen molar-refractivity contribution in [2.75, 3.05) is 17.6 Å². The van der Waals surface area contributed by atoms with Crippen LogP contribution in [0, 0.1) is 0 Å². The van der Waals surface area contributed by atoms with E-state index in [0.717, 1.165) is 23.7 Å². The van der Waals surface area contributed by atoms with Gasteiger partial charge in [0.1, 0.15) is 5.82 Å². The van der Waals surface area contributed by atoms with Gasteiger partial charge in [-0.1, -0.05) is 23.7 Å². The Morgan fingerprint density at radius 1 is 1.31 bits per heavy atom. The number of aromatic nitrogens is 2. The van der Waals surface area contributed by atoms with Gasteiger partial charge in [-0.05, 0) is 24.1 Å². The van der Waals surface area contributed by atoms with Gasteiger partial charge in [-0.25, -0.2) is 0 Å². The van der Waals surface area contributed by atoms with E-state index in [1.165, 1.54) is 5.56 Å². The monoisotopic (exact) mass is 236 g/mol. The Balaban J connectivity index is 1.84. The molecule has 0 aliphatic carbocycles. The Morgan fingerprint density at radius 3 is 2.69 bits per heavy atom. The first-order valence-electron chi connectivity index (χ1n) is 5.03. The van der Waals surface area contributed by atoms with E-state index in [9.17, 15) is 0 Å². The van der Waals surface area contributed by atoms with Gasteiger partial charge in [0, 0.05) is 11.6 Å². The molecule has 0 saturated carbocycles. The number of nitrogen functional groups attached to an aromatic ring is 1. The summed E-state index contributed by atoms with van der Waals surface area (Å²) in [4.78, 5) is 0.